The van der Waals surface area contributed by atoms with E-state index in [2.05, 4.69) is 16.0 Å². The van der Waals surface area contributed by atoms with E-state index in [9.17, 15) is 19.2 Å². The predicted octanol–water partition coefficient (Wildman–Crippen LogP) is 6.68. The fraction of sp³-hybridized carbons (Fsp3) is 0.0286. The summed E-state index contributed by atoms with van der Waals surface area (Å²) in [5.74, 6) is -2.16. The van der Waals surface area contributed by atoms with Crippen LogP contribution in [0.5, 0.6) is 0 Å². The van der Waals surface area contributed by atoms with Crippen molar-refractivity contribution >= 4 is 63.7 Å². The Morgan fingerprint density at radius 1 is 0.682 bits per heavy atom. The van der Waals surface area contributed by atoms with E-state index in [-0.39, 0.29) is 22.9 Å². The average molecular weight is 602 g/mol. The molecule has 0 saturated heterocycles. The van der Waals surface area contributed by atoms with E-state index < -0.39 is 17.8 Å². The molecule has 0 unspecified atom stereocenters. The van der Waals surface area contributed by atoms with Crippen LogP contribution in [-0.2, 0) is 9.59 Å². The highest BCUT2D eigenvalue weighted by Gasteiger charge is 2.16. The number of hydrogen-bond donors (Lipinski definition) is 4. The monoisotopic (exact) mass is 601 g/mol. The minimum Gasteiger partial charge on any atom is -0.478 e. The van der Waals surface area contributed by atoms with Gasteiger partial charge in [0, 0.05) is 21.8 Å². The van der Waals surface area contributed by atoms with Gasteiger partial charge >= 0.3 is 5.97 Å². The lowest BCUT2D eigenvalue weighted by molar-refractivity contribution is -0.114. The van der Waals surface area contributed by atoms with Crippen molar-refractivity contribution in [3.8, 4) is 0 Å². The molecule has 0 radical (unpaired) electrons. The summed E-state index contributed by atoms with van der Waals surface area (Å²) in [7, 11) is 0. The standard InChI is InChI=1S/C35H27N3O5S/c39-32(36-28-14-7-13-26(20-28)35(42)43)22-44-29-18-16-27(17-19-29)37-34(41)31(38-33(40)24-9-2-1-3-10-24)21-25-12-6-11-23-8-4-5-15-30(23)25/h1-21H,22H2,(H,36,39)(H,37,41)(H,38,40)(H,42,43)/b31-21-. The van der Waals surface area contributed by atoms with Gasteiger partial charge in [0.25, 0.3) is 11.8 Å². The summed E-state index contributed by atoms with van der Waals surface area (Å²) < 4.78 is 0. The Labute approximate surface area is 257 Å². The van der Waals surface area contributed by atoms with Crippen LogP contribution in [0.3, 0.4) is 0 Å². The van der Waals surface area contributed by atoms with Crippen LogP contribution in [0.4, 0.5) is 11.4 Å². The molecule has 44 heavy (non-hydrogen) atoms. The summed E-state index contributed by atoms with van der Waals surface area (Å²) in [6.45, 7) is 0. The topological polar surface area (TPSA) is 125 Å². The third-order valence-corrected chi connectivity index (χ3v) is 7.54. The number of carboxylic acids is 1. The lowest BCUT2D eigenvalue weighted by atomic mass is 10.0. The molecule has 0 heterocycles. The second-order valence-corrected chi connectivity index (χ2v) is 10.7. The van der Waals surface area contributed by atoms with Gasteiger partial charge in [-0.3, -0.25) is 14.4 Å². The molecule has 8 nitrogen and oxygen atoms in total. The number of benzene rings is 5. The van der Waals surface area contributed by atoms with Crippen LogP contribution in [0.25, 0.3) is 16.8 Å². The number of aromatic carboxylic acids is 1. The maximum absolute atomic E-state index is 13.5. The summed E-state index contributed by atoms with van der Waals surface area (Å²) in [5.41, 5.74) is 2.28. The predicted molar refractivity (Wildman–Crippen MR) is 174 cm³/mol. The summed E-state index contributed by atoms with van der Waals surface area (Å²) >= 11 is 1.29. The molecule has 5 rings (SSSR count). The normalized spacial score (nSPS) is 11.0. The van der Waals surface area contributed by atoms with Crippen LogP contribution in [0.2, 0.25) is 0 Å². The number of anilines is 2. The Morgan fingerprint density at radius 3 is 2.14 bits per heavy atom. The second kappa shape index (κ2) is 14.0. The smallest absolute Gasteiger partial charge is 0.335 e. The van der Waals surface area contributed by atoms with E-state index in [0.29, 0.717) is 16.9 Å². The van der Waals surface area contributed by atoms with Crippen molar-refractivity contribution in [2.45, 2.75) is 4.90 Å². The Morgan fingerprint density at radius 2 is 1.36 bits per heavy atom. The molecule has 0 fully saturated rings. The minimum atomic E-state index is -1.07. The molecule has 0 bridgehead atoms. The van der Waals surface area contributed by atoms with Crippen LogP contribution >= 0.6 is 11.8 Å². The van der Waals surface area contributed by atoms with Gasteiger partial charge in [-0.2, -0.15) is 0 Å². The summed E-state index contributed by atoms with van der Waals surface area (Å²) in [5, 5.41) is 19.4. The molecule has 0 atom stereocenters. The average Bonchev–Trinajstić information content (AvgIpc) is 3.04. The lowest BCUT2D eigenvalue weighted by Gasteiger charge is -2.12. The minimum absolute atomic E-state index is 0.0808. The van der Waals surface area contributed by atoms with Crippen LogP contribution in [0.1, 0.15) is 26.3 Å². The molecule has 0 saturated carbocycles. The molecule has 9 heteroatoms. The number of rotatable bonds is 10. The fourth-order valence-corrected chi connectivity index (χ4v) is 5.08. The van der Waals surface area contributed by atoms with Gasteiger partial charge in [0.05, 0.1) is 11.3 Å². The Hall–Kier alpha value is -5.67. The number of amides is 3. The number of fused-ring (bicyclic) bond motifs is 1. The SMILES string of the molecule is O=C(CSc1ccc(NC(=O)/C(=C/c2cccc3ccccc23)NC(=O)c2ccccc2)cc1)Nc1cccc(C(=O)O)c1. The van der Waals surface area contributed by atoms with E-state index >= 15 is 0 Å². The molecule has 5 aromatic carbocycles. The summed E-state index contributed by atoms with van der Waals surface area (Å²) in [4.78, 5) is 50.8. The first-order valence-corrected chi connectivity index (χ1v) is 14.6. The summed E-state index contributed by atoms with van der Waals surface area (Å²) in [6.07, 6.45) is 1.66. The molecule has 3 amide bonds. The van der Waals surface area contributed by atoms with Gasteiger partial charge in [0.1, 0.15) is 5.70 Å². The maximum atomic E-state index is 13.5. The molecular weight excluding hydrogens is 574 g/mol. The van der Waals surface area contributed by atoms with Gasteiger partial charge < -0.3 is 21.1 Å². The Bertz CT molecular complexity index is 1870. The zero-order chi connectivity index (χ0) is 30.9. The van der Waals surface area contributed by atoms with Crippen molar-refractivity contribution in [2.24, 2.45) is 0 Å². The molecular formula is C35H27N3O5S. The largest absolute Gasteiger partial charge is 0.478 e. The van der Waals surface area contributed by atoms with Crippen LogP contribution < -0.4 is 16.0 Å². The number of nitrogens with one attached hydrogen (secondary N) is 3. The van der Waals surface area contributed by atoms with Gasteiger partial charge in [-0.1, -0.05) is 66.7 Å². The Kier molecular flexibility index (Phi) is 9.48. The zero-order valence-corrected chi connectivity index (χ0v) is 24.1. The first-order valence-electron chi connectivity index (χ1n) is 13.6. The summed E-state index contributed by atoms with van der Waals surface area (Å²) in [6, 6.07) is 35.2. The van der Waals surface area contributed by atoms with E-state index in [0.717, 1.165) is 21.2 Å². The van der Waals surface area contributed by atoms with Gasteiger partial charge in [-0.25, -0.2) is 4.79 Å². The third-order valence-electron chi connectivity index (χ3n) is 6.53. The highest BCUT2D eigenvalue weighted by atomic mass is 32.2. The number of hydrogen-bond acceptors (Lipinski definition) is 5. The third kappa shape index (κ3) is 7.78. The first-order chi connectivity index (χ1) is 21.4. The first kappa shape index (κ1) is 29.8. The molecule has 4 N–H and O–H groups in total. The Balaban J connectivity index is 1.27. The molecule has 0 aliphatic heterocycles. The van der Waals surface area contributed by atoms with Crippen LogP contribution in [0, 0.1) is 0 Å². The van der Waals surface area contributed by atoms with Crippen molar-refractivity contribution < 1.29 is 24.3 Å². The zero-order valence-electron chi connectivity index (χ0n) is 23.3. The van der Waals surface area contributed by atoms with Gasteiger partial charge in [-0.15, -0.1) is 11.8 Å². The number of carbonyl (C=O) groups is 4. The molecule has 5 aromatic rings. The van der Waals surface area contributed by atoms with E-state index in [4.69, 9.17) is 5.11 Å². The maximum Gasteiger partial charge on any atom is 0.335 e. The molecule has 0 spiro atoms. The molecule has 0 aromatic heterocycles. The number of carbonyl (C=O) groups excluding carboxylic acids is 3. The van der Waals surface area contributed by atoms with Crippen molar-refractivity contribution in [1.29, 1.82) is 0 Å². The van der Waals surface area contributed by atoms with Gasteiger partial charge in [0.15, 0.2) is 0 Å². The van der Waals surface area contributed by atoms with E-state index in [1.165, 1.54) is 23.9 Å². The van der Waals surface area contributed by atoms with Gasteiger partial charge in [0.2, 0.25) is 5.91 Å². The number of carboxylic acid groups (broad SMARTS) is 1. The van der Waals surface area contributed by atoms with E-state index in [1.807, 2.05) is 48.5 Å². The fourth-order valence-electron chi connectivity index (χ4n) is 4.38. The van der Waals surface area contributed by atoms with Crippen LogP contribution in [-0.4, -0.2) is 34.6 Å². The van der Waals surface area contributed by atoms with Crippen LogP contribution in [0.15, 0.2) is 132 Å². The lowest BCUT2D eigenvalue weighted by Crippen LogP contribution is -2.30. The van der Waals surface area contributed by atoms with Crippen molar-refractivity contribution in [3.05, 3.63) is 144 Å². The number of thioether (sulfide) groups is 1. The van der Waals surface area contributed by atoms with E-state index in [1.54, 1.807) is 66.7 Å². The highest BCUT2D eigenvalue weighted by Crippen LogP contribution is 2.23. The van der Waals surface area contributed by atoms with Crippen molar-refractivity contribution in [1.82, 2.24) is 5.32 Å². The van der Waals surface area contributed by atoms with Gasteiger partial charge in [-0.05, 0) is 77.0 Å². The van der Waals surface area contributed by atoms with Crippen molar-refractivity contribution in [2.75, 3.05) is 16.4 Å². The quantitative estimate of drug-likeness (QED) is 0.105. The molecule has 0 aliphatic rings. The second-order valence-electron chi connectivity index (χ2n) is 9.65. The highest BCUT2D eigenvalue weighted by molar-refractivity contribution is 8.00. The molecule has 0 aliphatic carbocycles. The molecule has 218 valence electrons. The van der Waals surface area contributed by atoms with Crippen molar-refractivity contribution in [3.63, 3.8) is 0 Å².